The Labute approximate surface area is 91.6 Å². The van der Waals surface area contributed by atoms with Crippen LogP contribution >= 0.6 is 0 Å². The molecular formula is C10H17N3OSi. The average molecular weight is 223 g/mol. The van der Waals surface area contributed by atoms with Crippen molar-refractivity contribution < 1.29 is 4.43 Å². The molecule has 0 saturated carbocycles. The SMILES string of the molecule is Cc1c(C(C#N)O[Si](C)(C)C)cnn1C. The molecule has 0 aliphatic rings. The first kappa shape index (κ1) is 11.9. The van der Waals surface area contributed by atoms with E-state index in [2.05, 4.69) is 30.8 Å². The van der Waals surface area contributed by atoms with Crippen LogP contribution < -0.4 is 0 Å². The maximum Gasteiger partial charge on any atom is 0.186 e. The van der Waals surface area contributed by atoms with Crippen LogP contribution in [-0.2, 0) is 11.5 Å². The third-order valence-corrected chi connectivity index (χ3v) is 3.09. The molecule has 1 heterocycles. The molecular weight excluding hydrogens is 206 g/mol. The summed E-state index contributed by atoms with van der Waals surface area (Å²) in [7, 11) is 0.166. The Balaban J connectivity index is 2.95. The molecule has 0 bridgehead atoms. The summed E-state index contributed by atoms with van der Waals surface area (Å²) >= 11 is 0. The van der Waals surface area contributed by atoms with Gasteiger partial charge in [0.15, 0.2) is 14.4 Å². The second-order valence-corrected chi connectivity index (χ2v) is 9.01. The highest BCUT2D eigenvalue weighted by molar-refractivity contribution is 6.69. The van der Waals surface area contributed by atoms with Gasteiger partial charge in [-0.15, -0.1) is 0 Å². The maximum atomic E-state index is 9.09. The molecule has 0 radical (unpaired) electrons. The lowest BCUT2D eigenvalue weighted by molar-refractivity contribution is 0.254. The van der Waals surface area contributed by atoms with Gasteiger partial charge in [0.1, 0.15) is 0 Å². The fourth-order valence-corrected chi connectivity index (χ4v) is 2.17. The molecule has 0 saturated heterocycles. The van der Waals surface area contributed by atoms with Gasteiger partial charge in [-0.2, -0.15) is 10.4 Å². The first-order valence-electron chi connectivity index (χ1n) is 4.91. The Morgan fingerprint density at radius 2 is 2.13 bits per heavy atom. The van der Waals surface area contributed by atoms with Crippen LogP contribution in [0.25, 0.3) is 0 Å². The molecule has 0 N–H and O–H groups in total. The summed E-state index contributed by atoms with van der Waals surface area (Å²) in [6.07, 6.45) is 1.23. The van der Waals surface area contributed by atoms with Gasteiger partial charge in [0, 0.05) is 18.3 Å². The third kappa shape index (κ3) is 2.91. The van der Waals surface area contributed by atoms with Gasteiger partial charge in [-0.25, -0.2) is 0 Å². The van der Waals surface area contributed by atoms with Gasteiger partial charge in [-0.05, 0) is 26.6 Å². The van der Waals surface area contributed by atoms with Gasteiger partial charge in [0.25, 0.3) is 0 Å². The van der Waals surface area contributed by atoms with E-state index in [0.29, 0.717) is 0 Å². The standard InChI is InChI=1S/C10H17N3OSi/c1-8-9(7-12-13(8)2)10(6-11)14-15(3,4)5/h7,10H,1-5H3. The van der Waals surface area contributed by atoms with E-state index in [1.54, 1.807) is 10.9 Å². The van der Waals surface area contributed by atoms with E-state index in [0.717, 1.165) is 11.3 Å². The van der Waals surface area contributed by atoms with E-state index in [4.69, 9.17) is 9.69 Å². The van der Waals surface area contributed by atoms with Crippen molar-refractivity contribution >= 4 is 8.32 Å². The van der Waals surface area contributed by atoms with Crippen LogP contribution in [-0.4, -0.2) is 18.1 Å². The molecule has 1 aromatic rings. The summed E-state index contributed by atoms with van der Waals surface area (Å²) in [6, 6.07) is 2.19. The molecule has 82 valence electrons. The Hall–Kier alpha value is -1.12. The lowest BCUT2D eigenvalue weighted by Gasteiger charge is -2.21. The van der Waals surface area contributed by atoms with Gasteiger partial charge in [0.05, 0.1) is 12.3 Å². The van der Waals surface area contributed by atoms with Crippen LogP contribution in [0.1, 0.15) is 17.4 Å². The molecule has 0 aromatic carbocycles. The summed E-state index contributed by atoms with van der Waals surface area (Å²) in [4.78, 5) is 0. The highest BCUT2D eigenvalue weighted by atomic mass is 28.4. The van der Waals surface area contributed by atoms with E-state index in [1.165, 1.54) is 0 Å². The minimum Gasteiger partial charge on any atom is -0.399 e. The normalized spacial score (nSPS) is 13.6. The number of nitriles is 1. The molecule has 0 spiro atoms. The molecule has 5 heteroatoms. The van der Waals surface area contributed by atoms with Crippen molar-refractivity contribution in [3.05, 3.63) is 17.5 Å². The number of hydrogen-bond acceptors (Lipinski definition) is 3. The second-order valence-electron chi connectivity index (χ2n) is 4.55. The molecule has 0 amide bonds. The Morgan fingerprint density at radius 3 is 2.47 bits per heavy atom. The molecule has 4 nitrogen and oxygen atoms in total. The largest absolute Gasteiger partial charge is 0.399 e. The quantitative estimate of drug-likeness (QED) is 0.738. The summed E-state index contributed by atoms with van der Waals surface area (Å²) in [5, 5.41) is 13.2. The van der Waals surface area contributed by atoms with Crippen molar-refractivity contribution in [3.63, 3.8) is 0 Å². The van der Waals surface area contributed by atoms with Crippen LogP contribution in [0.3, 0.4) is 0 Å². The van der Waals surface area contributed by atoms with E-state index in [-0.39, 0.29) is 0 Å². The minimum atomic E-state index is -1.70. The molecule has 1 rings (SSSR count). The van der Waals surface area contributed by atoms with Crippen LogP contribution in [0, 0.1) is 18.3 Å². The average Bonchev–Trinajstić information content (AvgIpc) is 2.43. The predicted molar refractivity (Wildman–Crippen MR) is 60.7 cm³/mol. The number of aryl methyl sites for hydroxylation is 1. The number of nitrogens with zero attached hydrogens (tertiary/aromatic N) is 3. The zero-order chi connectivity index (χ0) is 11.6. The smallest absolute Gasteiger partial charge is 0.186 e. The maximum absolute atomic E-state index is 9.09. The van der Waals surface area contributed by atoms with Crippen LogP contribution in [0.2, 0.25) is 19.6 Å². The van der Waals surface area contributed by atoms with E-state index in [1.807, 2.05) is 14.0 Å². The predicted octanol–water partition coefficient (Wildman–Crippen LogP) is 2.14. The number of hydrogen-bond donors (Lipinski definition) is 0. The fraction of sp³-hybridized carbons (Fsp3) is 0.600. The lowest BCUT2D eigenvalue weighted by Crippen LogP contribution is -2.27. The highest BCUT2D eigenvalue weighted by Crippen LogP contribution is 2.23. The number of rotatable bonds is 3. The summed E-state index contributed by atoms with van der Waals surface area (Å²) in [6.45, 7) is 8.16. The van der Waals surface area contributed by atoms with Crippen molar-refractivity contribution in [2.75, 3.05) is 0 Å². The molecule has 0 aliphatic heterocycles. The van der Waals surface area contributed by atoms with Crippen LogP contribution in [0.5, 0.6) is 0 Å². The van der Waals surface area contributed by atoms with Crippen molar-refractivity contribution in [3.8, 4) is 6.07 Å². The van der Waals surface area contributed by atoms with Gasteiger partial charge < -0.3 is 4.43 Å². The van der Waals surface area contributed by atoms with Crippen molar-refractivity contribution in [2.45, 2.75) is 32.7 Å². The highest BCUT2D eigenvalue weighted by Gasteiger charge is 2.24. The Bertz CT molecular complexity index is 386. The van der Waals surface area contributed by atoms with Crippen molar-refractivity contribution in [1.82, 2.24) is 9.78 Å². The number of aromatic nitrogens is 2. The van der Waals surface area contributed by atoms with Crippen molar-refractivity contribution in [1.29, 1.82) is 5.26 Å². The van der Waals surface area contributed by atoms with Gasteiger partial charge in [-0.3, -0.25) is 4.68 Å². The summed E-state index contributed by atoms with van der Waals surface area (Å²) < 4.78 is 7.55. The summed E-state index contributed by atoms with van der Waals surface area (Å²) in [5.74, 6) is 0. The van der Waals surface area contributed by atoms with Gasteiger partial charge >= 0.3 is 0 Å². The fourth-order valence-electron chi connectivity index (χ4n) is 1.29. The molecule has 15 heavy (non-hydrogen) atoms. The Morgan fingerprint density at radius 1 is 1.53 bits per heavy atom. The minimum absolute atomic E-state index is 0.481. The monoisotopic (exact) mass is 223 g/mol. The Kier molecular flexibility index (Phi) is 3.32. The molecule has 0 fully saturated rings. The van der Waals surface area contributed by atoms with Crippen molar-refractivity contribution in [2.24, 2.45) is 7.05 Å². The zero-order valence-electron chi connectivity index (χ0n) is 9.90. The zero-order valence-corrected chi connectivity index (χ0v) is 10.9. The van der Waals surface area contributed by atoms with E-state index < -0.39 is 14.4 Å². The molecule has 1 atom stereocenters. The lowest BCUT2D eigenvalue weighted by atomic mass is 10.2. The molecule has 0 aliphatic carbocycles. The van der Waals surface area contributed by atoms with Gasteiger partial charge in [-0.1, -0.05) is 0 Å². The molecule has 1 aromatic heterocycles. The second kappa shape index (κ2) is 4.17. The third-order valence-electron chi connectivity index (χ3n) is 2.14. The van der Waals surface area contributed by atoms with E-state index in [9.17, 15) is 0 Å². The van der Waals surface area contributed by atoms with Gasteiger partial charge in [0.2, 0.25) is 0 Å². The first-order chi connectivity index (χ1) is 6.85. The summed E-state index contributed by atoms with van der Waals surface area (Å²) in [5.41, 5.74) is 1.86. The topological polar surface area (TPSA) is 50.8 Å². The molecule has 1 unspecified atom stereocenters. The van der Waals surface area contributed by atoms with Crippen LogP contribution in [0.15, 0.2) is 6.20 Å². The van der Waals surface area contributed by atoms with E-state index >= 15 is 0 Å². The first-order valence-corrected chi connectivity index (χ1v) is 8.32. The van der Waals surface area contributed by atoms with Crippen LogP contribution in [0.4, 0.5) is 0 Å².